The third-order valence-electron chi connectivity index (χ3n) is 5.33. The second kappa shape index (κ2) is 11.5. The number of primary amides is 1. The van der Waals surface area contributed by atoms with Crippen LogP contribution in [0.1, 0.15) is 24.8 Å². The number of benzene rings is 1. The summed E-state index contributed by atoms with van der Waals surface area (Å²) in [5, 5.41) is 3.32. The van der Waals surface area contributed by atoms with E-state index in [9.17, 15) is 9.18 Å². The van der Waals surface area contributed by atoms with Gasteiger partial charge < -0.3 is 25.6 Å². The number of ether oxygens (including phenoxy) is 1. The van der Waals surface area contributed by atoms with Crippen LogP contribution >= 0.6 is 24.0 Å². The van der Waals surface area contributed by atoms with Crippen LogP contribution in [-0.4, -0.2) is 63.2 Å². The molecule has 7 nitrogen and oxygen atoms in total. The molecule has 0 saturated carbocycles. The fraction of sp³-hybridized carbons (Fsp3) is 0.600. The van der Waals surface area contributed by atoms with Crippen molar-refractivity contribution in [3.63, 3.8) is 0 Å². The second-order valence-corrected chi connectivity index (χ2v) is 7.41. The molecule has 29 heavy (non-hydrogen) atoms. The van der Waals surface area contributed by atoms with Crippen molar-refractivity contribution in [1.29, 1.82) is 0 Å². The molecule has 2 aliphatic rings. The van der Waals surface area contributed by atoms with Gasteiger partial charge in [0.1, 0.15) is 5.82 Å². The average Bonchev–Trinajstić information content (AvgIpc) is 2.69. The summed E-state index contributed by atoms with van der Waals surface area (Å²) in [5.41, 5.74) is 6.83. The van der Waals surface area contributed by atoms with E-state index in [1.165, 1.54) is 0 Å². The Balaban J connectivity index is 0.00000300. The van der Waals surface area contributed by atoms with Gasteiger partial charge in [-0.05, 0) is 36.5 Å². The Morgan fingerprint density at radius 1 is 1.34 bits per heavy atom. The number of anilines is 1. The van der Waals surface area contributed by atoms with E-state index < -0.39 is 0 Å². The van der Waals surface area contributed by atoms with Gasteiger partial charge in [0.2, 0.25) is 5.91 Å². The first-order valence-corrected chi connectivity index (χ1v) is 9.92. The summed E-state index contributed by atoms with van der Waals surface area (Å²) in [7, 11) is 1.74. The van der Waals surface area contributed by atoms with Crippen LogP contribution in [0, 0.1) is 11.7 Å². The number of nitrogens with zero attached hydrogens (tertiary/aromatic N) is 3. The molecule has 9 heteroatoms. The molecule has 2 heterocycles. The number of morpholine rings is 1. The summed E-state index contributed by atoms with van der Waals surface area (Å²) in [6.07, 6.45) is 2.41. The molecular formula is C20H31FIN5O2. The van der Waals surface area contributed by atoms with Gasteiger partial charge in [-0.2, -0.15) is 0 Å². The second-order valence-electron chi connectivity index (χ2n) is 7.41. The van der Waals surface area contributed by atoms with Gasteiger partial charge in [0.25, 0.3) is 0 Å². The van der Waals surface area contributed by atoms with E-state index in [0.29, 0.717) is 45.0 Å². The maximum Gasteiger partial charge on any atom is 0.217 e. The number of halogens is 2. The molecule has 3 N–H and O–H groups in total. The number of rotatable bonds is 5. The molecule has 0 radical (unpaired) electrons. The molecule has 2 aliphatic heterocycles. The lowest BCUT2D eigenvalue weighted by atomic mass is 9.95. The summed E-state index contributed by atoms with van der Waals surface area (Å²) in [6, 6.07) is 5.36. The molecule has 1 aromatic carbocycles. The zero-order valence-electron chi connectivity index (χ0n) is 16.9. The first-order chi connectivity index (χ1) is 13.6. The quantitative estimate of drug-likeness (QED) is 0.353. The van der Waals surface area contributed by atoms with Gasteiger partial charge in [-0.15, -0.1) is 24.0 Å². The van der Waals surface area contributed by atoms with Crippen molar-refractivity contribution in [2.45, 2.75) is 25.8 Å². The zero-order chi connectivity index (χ0) is 19.9. The van der Waals surface area contributed by atoms with Crippen molar-refractivity contribution < 1.29 is 13.9 Å². The van der Waals surface area contributed by atoms with Gasteiger partial charge in [-0.25, -0.2) is 4.39 Å². The molecule has 0 spiro atoms. The Hall–Kier alpha value is -1.62. The van der Waals surface area contributed by atoms with E-state index >= 15 is 0 Å². The molecule has 1 aromatic rings. The number of carbonyl (C=O) groups excluding carboxylic acids is 1. The van der Waals surface area contributed by atoms with Crippen molar-refractivity contribution in [2.24, 2.45) is 16.6 Å². The summed E-state index contributed by atoms with van der Waals surface area (Å²) >= 11 is 0. The smallest absolute Gasteiger partial charge is 0.217 e. The molecule has 2 saturated heterocycles. The Bertz CT molecular complexity index is 712. The highest BCUT2D eigenvalue weighted by atomic mass is 127. The largest absolute Gasteiger partial charge is 0.378 e. The number of nitrogens with one attached hydrogen (secondary N) is 1. The van der Waals surface area contributed by atoms with Gasteiger partial charge in [0, 0.05) is 46.2 Å². The first kappa shape index (κ1) is 23.7. The molecule has 1 atom stereocenters. The minimum Gasteiger partial charge on any atom is -0.378 e. The standard InChI is InChI=1S/C20H30FN5O2.HI/c1-23-20(26-6-2-3-16(14-26)12-19(22)27)24-13-15-4-5-18(17(21)11-15)25-7-9-28-10-8-25;/h4-5,11,16H,2-3,6-10,12-14H2,1H3,(H2,22,27)(H,23,24);1H. The molecule has 0 aromatic heterocycles. The van der Waals surface area contributed by atoms with E-state index in [-0.39, 0.29) is 41.6 Å². The number of likely N-dealkylation sites (tertiary alicyclic amines) is 1. The number of piperidine rings is 1. The van der Waals surface area contributed by atoms with Crippen LogP contribution in [0.4, 0.5) is 10.1 Å². The highest BCUT2D eigenvalue weighted by Crippen LogP contribution is 2.22. The van der Waals surface area contributed by atoms with Crippen LogP contribution in [-0.2, 0) is 16.1 Å². The molecule has 2 fully saturated rings. The van der Waals surface area contributed by atoms with Gasteiger partial charge in [-0.1, -0.05) is 6.07 Å². The van der Waals surface area contributed by atoms with Crippen molar-refractivity contribution >= 4 is 41.5 Å². The van der Waals surface area contributed by atoms with Crippen LogP contribution < -0.4 is 16.0 Å². The molecule has 0 aliphatic carbocycles. The minimum absolute atomic E-state index is 0. The number of amides is 1. The maximum absolute atomic E-state index is 14.6. The molecule has 1 unspecified atom stereocenters. The molecule has 3 rings (SSSR count). The third kappa shape index (κ3) is 6.70. The van der Waals surface area contributed by atoms with E-state index in [0.717, 1.165) is 37.5 Å². The van der Waals surface area contributed by atoms with Crippen LogP contribution in [0.5, 0.6) is 0 Å². The summed E-state index contributed by atoms with van der Waals surface area (Å²) in [5.74, 6) is 0.559. The summed E-state index contributed by atoms with van der Waals surface area (Å²) in [6.45, 7) is 4.82. The van der Waals surface area contributed by atoms with E-state index in [4.69, 9.17) is 10.5 Å². The van der Waals surface area contributed by atoms with Crippen molar-refractivity contribution in [3.05, 3.63) is 29.6 Å². The molecule has 0 bridgehead atoms. The average molecular weight is 519 g/mol. The number of hydrogen-bond acceptors (Lipinski definition) is 4. The minimum atomic E-state index is -0.259. The zero-order valence-corrected chi connectivity index (χ0v) is 19.2. The number of guanidine groups is 1. The number of carbonyl (C=O) groups is 1. The summed E-state index contributed by atoms with van der Waals surface area (Å²) in [4.78, 5) is 19.7. The molecule has 162 valence electrons. The Morgan fingerprint density at radius 2 is 2.10 bits per heavy atom. The summed E-state index contributed by atoms with van der Waals surface area (Å²) < 4.78 is 19.9. The molecule has 1 amide bonds. The van der Waals surface area contributed by atoms with Crippen LogP contribution in [0.15, 0.2) is 23.2 Å². The van der Waals surface area contributed by atoms with Crippen molar-refractivity contribution in [2.75, 3.05) is 51.3 Å². The first-order valence-electron chi connectivity index (χ1n) is 9.92. The number of hydrogen-bond donors (Lipinski definition) is 2. The van der Waals surface area contributed by atoms with Gasteiger partial charge in [0.05, 0.1) is 18.9 Å². The Labute approximate surface area is 188 Å². The highest BCUT2D eigenvalue weighted by Gasteiger charge is 2.23. The lowest BCUT2D eigenvalue weighted by molar-refractivity contribution is -0.119. The van der Waals surface area contributed by atoms with Gasteiger partial charge >= 0.3 is 0 Å². The maximum atomic E-state index is 14.6. The topological polar surface area (TPSA) is 83.2 Å². The predicted molar refractivity (Wildman–Crippen MR) is 123 cm³/mol. The third-order valence-corrected chi connectivity index (χ3v) is 5.33. The highest BCUT2D eigenvalue weighted by molar-refractivity contribution is 14.0. The normalized spacial score (nSPS) is 20.2. The lowest BCUT2D eigenvalue weighted by Gasteiger charge is -2.34. The monoisotopic (exact) mass is 519 g/mol. The van der Waals surface area contributed by atoms with Crippen molar-refractivity contribution in [1.82, 2.24) is 10.2 Å². The fourth-order valence-corrected chi connectivity index (χ4v) is 3.94. The number of nitrogens with two attached hydrogens (primary N) is 1. The number of aliphatic imine (C=N–C) groups is 1. The van der Waals surface area contributed by atoms with E-state index in [2.05, 4.69) is 15.2 Å². The van der Waals surface area contributed by atoms with Crippen LogP contribution in [0.3, 0.4) is 0 Å². The van der Waals surface area contributed by atoms with Crippen LogP contribution in [0.2, 0.25) is 0 Å². The molecular weight excluding hydrogens is 488 g/mol. The van der Waals surface area contributed by atoms with E-state index in [1.807, 2.05) is 17.0 Å². The fourth-order valence-electron chi connectivity index (χ4n) is 3.94. The SMILES string of the molecule is CN=C(NCc1ccc(N2CCOCC2)c(F)c1)N1CCCC(CC(N)=O)C1.I. The van der Waals surface area contributed by atoms with Gasteiger partial charge in [-0.3, -0.25) is 9.79 Å². The van der Waals surface area contributed by atoms with Crippen LogP contribution in [0.25, 0.3) is 0 Å². The lowest BCUT2D eigenvalue weighted by Crippen LogP contribution is -2.46. The predicted octanol–water partition coefficient (Wildman–Crippen LogP) is 1.94. The van der Waals surface area contributed by atoms with E-state index in [1.54, 1.807) is 13.1 Å². The Kier molecular flexibility index (Phi) is 9.41. The van der Waals surface area contributed by atoms with Crippen molar-refractivity contribution in [3.8, 4) is 0 Å². The van der Waals surface area contributed by atoms with Gasteiger partial charge in [0.15, 0.2) is 5.96 Å². The Morgan fingerprint density at radius 3 is 2.76 bits per heavy atom.